The molecular weight excluding hydrogens is 266 g/mol. The molecule has 0 aliphatic heterocycles. The van der Waals surface area contributed by atoms with E-state index < -0.39 is 5.54 Å². The van der Waals surface area contributed by atoms with E-state index in [1.54, 1.807) is 19.2 Å². The summed E-state index contributed by atoms with van der Waals surface area (Å²) in [6.07, 6.45) is 3.91. The molecule has 0 bridgehead atoms. The molecule has 2 unspecified atom stereocenters. The summed E-state index contributed by atoms with van der Waals surface area (Å²) in [6, 6.07) is 7.41. The lowest BCUT2D eigenvalue weighted by atomic mass is 9.76. The van der Waals surface area contributed by atoms with Crippen LogP contribution < -0.4 is 5.32 Å². The first-order chi connectivity index (χ1) is 10.1. The molecule has 2 atom stereocenters. The lowest BCUT2D eigenvalue weighted by molar-refractivity contribution is 0.0697. The van der Waals surface area contributed by atoms with Crippen molar-refractivity contribution in [1.82, 2.24) is 5.32 Å². The van der Waals surface area contributed by atoms with Crippen molar-refractivity contribution in [3.05, 3.63) is 35.4 Å². The highest BCUT2D eigenvalue weighted by Crippen LogP contribution is 2.32. The Morgan fingerprint density at radius 1 is 1.43 bits per heavy atom. The molecule has 0 heterocycles. The van der Waals surface area contributed by atoms with Crippen molar-refractivity contribution < 1.29 is 14.6 Å². The van der Waals surface area contributed by atoms with Crippen molar-refractivity contribution >= 4 is 5.91 Å². The number of carbonyl (C=O) groups is 1. The van der Waals surface area contributed by atoms with Gasteiger partial charge >= 0.3 is 0 Å². The van der Waals surface area contributed by atoms with Gasteiger partial charge in [0.25, 0.3) is 5.91 Å². The third-order valence-corrected chi connectivity index (χ3v) is 4.30. The highest BCUT2D eigenvalue weighted by Gasteiger charge is 2.35. The zero-order chi connectivity index (χ0) is 15.3. The quantitative estimate of drug-likeness (QED) is 0.876. The smallest absolute Gasteiger partial charge is 0.251 e. The number of benzene rings is 1. The number of hydrogen-bond acceptors (Lipinski definition) is 3. The number of amides is 1. The maximum absolute atomic E-state index is 12.4. The van der Waals surface area contributed by atoms with Gasteiger partial charge in [0.2, 0.25) is 0 Å². The number of hydrogen-bond donors (Lipinski definition) is 2. The summed E-state index contributed by atoms with van der Waals surface area (Å²) >= 11 is 0. The van der Waals surface area contributed by atoms with Crippen molar-refractivity contribution in [3.8, 4) is 0 Å². The molecule has 0 aromatic heterocycles. The molecule has 1 aromatic carbocycles. The van der Waals surface area contributed by atoms with Crippen LogP contribution in [-0.2, 0) is 11.3 Å². The SMILES string of the molecule is COCc1ccc(C(=O)NC2(CO)CCCC(C)C2)cc1. The second-order valence-electron chi connectivity index (χ2n) is 6.22. The molecular formula is C17H25NO3. The molecule has 1 aliphatic rings. The van der Waals surface area contributed by atoms with Crippen molar-refractivity contribution in [2.24, 2.45) is 5.92 Å². The minimum Gasteiger partial charge on any atom is -0.394 e. The maximum Gasteiger partial charge on any atom is 0.251 e. The van der Waals surface area contributed by atoms with Gasteiger partial charge in [-0.05, 0) is 36.5 Å². The molecule has 1 aromatic rings. The number of carbonyl (C=O) groups excluding carboxylic acids is 1. The summed E-state index contributed by atoms with van der Waals surface area (Å²) in [5.41, 5.74) is 1.21. The zero-order valence-corrected chi connectivity index (χ0v) is 12.9. The number of aliphatic hydroxyl groups excluding tert-OH is 1. The molecule has 2 N–H and O–H groups in total. The third kappa shape index (κ3) is 4.05. The monoisotopic (exact) mass is 291 g/mol. The van der Waals surface area contributed by atoms with Crippen LogP contribution in [0.15, 0.2) is 24.3 Å². The number of aliphatic hydroxyl groups is 1. The maximum atomic E-state index is 12.4. The van der Waals surface area contributed by atoms with Gasteiger partial charge in [0.1, 0.15) is 0 Å². The molecule has 21 heavy (non-hydrogen) atoms. The third-order valence-electron chi connectivity index (χ3n) is 4.30. The predicted molar refractivity (Wildman–Crippen MR) is 82.1 cm³/mol. The van der Waals surface area contributed by atoms with E-state index >= 15 is 0 Å². The fourth-order valence-corrected chi connectivity index (χ4v) is 3.19. The first kappa shape index (κ1) is 16.0. The van der Waals surface area contributed by atoms with Gasteiger partial charge in [-0.1, -0.05) is 31.9 Å². The number of nitrogens with one attached hydrogen (secondary N) is 1. The van der Waals surface area contributed by atoms with E-state index in [0.717, 1.165) is 24.8 Å². The zero-order valence-electron chi connectivity index (χ0n) is 12.9. The van der Waals surface area contributed by atoms with E-state index in [9.17, 15) is 9.90 Å². The van der Waals surface area contributed by atoms with Gasteiger partial charge in [-0.15, -0.1) is 0 Å². The summed E-state index contributed by atoms with van der Waals surface area (Å²) in [5, 5.41) is 12.8. The second kappa shape index (κ2) is 7.05. The summed E-state index contributed by atoms with van der Waals surface area (Å²) < 4.78 is 5.06. The largest absolute Gasteiger partial charge is 0.394 e. The molecule has 2 rings (SSSR count). The fourth-order valence-electron chi connectivity index (χ4n) is 3.19. The first-order valence-corrected chi connectivity index (χ1v) is 7.60. The average Bonchev–Trinajstić information content (AvgIpc) is 2.48. The summed E-state index contributed by atoms with van der Waals surface area (Å²) in [5.74, 6) is 0.428. The van der Waals surface area contributed by atoms with Gasteiger partial charge in [-0.2, -0.15) is 0 Å². The predicted octanol–water partition coefficient (Wildman–Crippen LogP) is 2.50. The van der Waals surface area contributed by atoms with E-state index in [1.165, 1.54) is 6.42 Å². The standard InChI is InChI=1S/C17H25NO3/c1-13-4-3-9-17(10-13,12-19)18-16(20)15-7-5-14(6-8-15)11-21-2/h5-8,13,19H,3-4,9-12H2,1-2H3,(H,18,20). The van der Waals surface area contributed by atoms with E-state index in [-0.39, 0.29) is 12.5 Å². The topological polar surface area (TPSA) is 58.6 Å². The minimum absolute atomic E-state index is 0.00480. The lowest BCUT2D eigenvalue weighted by Crippen LogP contribution is -2.53. The normalized spacial score (nSPS) is 25.6. The summed E-state index contributed by atoms with van der Waals surface area (Å²) in [6.45, 7) is 2.72. The first-order valence-electron chi connectivity index (χ1n) is 7.60. The van der Waals surface area contributed by atoms with E-state index in [0.29, 0.717) is 18.1 Å². The summed E-state index contributed by atoms with van der Waals surface area (Å²) in [7, 11) is 1.65. The van der Waals surface area contributed by atoms with Gasteiger partial charge in [-0.3, -0.25) is 4.79 Å². The Balaban J connectivity index is 2.05. The average molecular weight is 291 g/mol. The minimum atomic E-state index is -0.458. The highest BCUT2D eigenvalue weighted by molar-refractivity contribution is 5.94. The van der Waals surface area contributed by atoms with Crippen LogP contribution in [0.2, 0.25) is 0 Å². The second-order valence-corrected chi connectivity index (χ2v) is 6.22. The van der Waals surface area contributed by atoms with Crippen LogP contribution >= 0.6 is 0 Å². The van der Waals surface area contributed by atoms with Gasteiger partial charge in [0, 0.05) is 12.7 Å². The Hall–Kier alpha value is -1.39. The van der Waals surface area contributed by atoms with Gasteiger partial charge in [-0.25, -0.2) is 0 Å². The van der Waals surface area contributed by atoms with Gasteiger partial charge < -0.3 is 15.2 Å². The Kier molecular flexibility index (Phi) is 5.37. The van der Waals surface area contributed by atoms with E-state index in [1.807, 2.05) is 12.1 Å². The molecule has 4 heteroatoms. The molecule has 116 valence electrons. The van der Waals surface area contributed by atoms with Crippen LogP contribution in [0.3, 0.4) is 0 Å². The number of methoxy groups -OCH3 is 1. The van der Waals surface area contributed by atoms with E-state index in [2.05, 4.69) is 12.2 Å². The van der Waals surface area contributed by atoms with E-state index in [4.69, 9.17) is 4.74 Å². The van der Waals surface area contributed by atoms with Gasteiger partial charge in [0.05, 0.1) is 18.8 Å². The van der Waals surface area contributed by atoms with Crippen molar-refractivity contribution in [2.75, 3.05) is 13.7 Å². The molecule has 1 amide bonds. The van der Waals surface area contributed by atoms with Crippen LogP contribution in [0, 0.1) is 5.92 Å². The van der Waals surface area contributed by atoms with Crippen LogP contribution in [0.4, 0.5) is 0 Å². The van der Waals surface area contributed by atoms with Crippen molar-refractivity contribution in [3.63, 3.8) is 0 Å². The Morgan fingerprint density at radius 2 is 2.14 bits per heavy atom. The Morgan fingerprint density at radius 3 is 2.71 bits per heavy atom. The molecule has 1 fully saturated rings. The Bertz CT molecular complexity index is 471. The molecule has 1 saturated carbocycles. The fraction of sp³-hybridized carbons (Fsp3) is 0.588. The molecule has 4 nitrogen and oxygen atoms in total. The molecule has 0 saturated heterocycles. The molecule has 1 aliphatic carbocycles. The van der Waals surface area contributed by atoms with Crippen LogP contribution in [-0.4, -0.2) is 30.3 Å². The molecule has 0 radical (unpaired) electrons. The van der Waals surface area contributed by atoms with Crippen LogP contribution in [0.5, 0.6) is 0 Å². The van der Waals surface area contributed by atoms with Crippen molar-refractivity contribution in [1.29, 1.82) is 0 Å². The summed E-state index contributed by atoms with van der Waals surface area (Å²) in [4.78, 5) is 12.4. The lowest BCUT2D eigenvalue weighted by Gasteiger charge is -2.39. The number of rotatable bonds is 5. The van der Waals surface area contributed by atoms with Crippen LogP contribution in [0.25, 0.3) is 0 Å². The number of ether oxygens (including phenoxy) is 1. The van der Waals surface area contributed by atoms with Crippen molar-refractivity contribution in [2.45, 2.75) is 44.8 Å². The van der Waals surface area contributed by atoms with Gasteiger partial charge in [0.15, 0.2) is 0 Å². The molecule has 0 spiro atoms. The highest BCUT2D eigenvalue weighted by atomic mass is 16.5. The van der Waals surface area contributed by atoms with Crippen LogP contribution in [0.1, 0.15) is 48.5 Å². The Labute approximate surface area is 126 Å².